The summed E-state index contributed by atoms with van der Waals surface area (Å²) in [6.07, 6.45) is 2.09. The molecular formula is C17H23N3. The summed E-state index contributed by atoms with van der Waals surface area (Å²) < 4.78 is 0. The molecule has 0 radical (unpaired) electrons. The fourth-order valence-corrected chi connectivity index (χ4v) is 2.15. The van der Waals surface area contributed by atoms with E-state index in [1.807, 2.05) is 25.1 Å². The minimum absolute atomic E-state index is 0.00854. The number of aryl methyl sites for hydroxylation is 2. The standard InChI is InChI=1S/C17H23N3/c1-13-15(18)9-10-16(19-13)20-17(2,3)12-11-14-7-5-4-6-8-14/h4-10H,11-12,18H2,1-3H3,(H,19,20). The van der Waals surface area contributed by atoms with Gasteiger partial charge in [0.05, 0.1) is 11.4 Å². The van der Waals surface area contributed by atoms with Crippen molar-refractivity contribution in [2.24, 2.45) is 0 Å². The van der Waals surface area contributed by atoms with Crippen molar-refractivity contribution < 1.29 is 0 Å². The Kier molecular flexibility index (Phi) is 4.28. The molecule has 1 heterocycles. The van der Waals surface area contributed by atoms with Gasteiger partial charge in [-0.3, -0.25) is 0 Å². The van der Waals surface area contributed by atoms with Gasteiger partial charge < -0.3 is 11.1 Å². The van der Waals surface area contributed by atoms with E-state index in [1.54, 1.807) is 0 Å². The number of nitrogens with zero attached hydrogens (tertiary/aromatic N) is 1. The van der Waals surface area contributed by atoms with Crippen molar-refractivity contribution in [3.05, 3.63) is 53.7 Å². The molecule has 0 aliphatic carbocycles. The van der Waals surface area contributed by atoms with E-state index in [-0.39, 0.29) is 5.54 Å². The van der Waals surface area contributed by atoms with Crippen molar-refractivity contribution in [2.45, 2.75) is 39.2 Å². The van der Waals surface area contributed by atoms with Crippen molar-refractivity contribution in [2.75, 3.05) is 11.1 Å². The Bertz CT molecular complexity index is 562. The van der Waals surface area contributed by atoms with Gasteiger partial charge >= 0.3 is 0 Å². The van der Waals surface area contributed by atoms with Gasteiger partial charge in [0.25, 0.3) is 0 Å². The van der Waals surface area contributed by atoms with E-state index in [1.165, 1.54) is 5.56 Å². The van der Waals surface area contributed by atoms with Crippen LogP contribution in [-0.2, 0) is 6.42 Å². The molecule has 3 N–H and O–H groups in total. The van der Waals surface area contributed by atoms with Gasteiger partial charge in [-0.2, -0.15) is 0 Å². The van der Waals surface area contributed by atoms with Gasteiger partial charge in [-0.1, -0.05) is 30.3 Å². The predicted molar refractivity (Wildman–Crippen MR) is 85.9 cm³/mol. The summed E-state index contributed by atoms with van der Waals surface area (Å²) in [5.41, 5.74) is 8.76. The van der Waals surface area contributed by atoms with Crippen LogP contribution >= 0.6 is 0 Å². The summed E-state index contributed by atoms with van der Waals surface area (Å²) in [5.74, 6) is 0.884. The lowest BCUT2D eigenvalue weighted by Gasteiger charge is -2.27. The molecule has 0 unspecified atom stereocenters. The molecule has 0 aliphatic heterocycles. The number of rotatable bonds is 5. The lowest BCUT2D eigenvalue weighted by Crippen LogP contribution is -2.32. The van der Waals surface area contributed by atoms with Crippen LogP contribution in [0.25, 0.3) is 0 Å². The molecule has 1 aromatic carbocycles. The Morgan fingerprint density at radius 2 is 1.80 bits per heavy atom. The average molecular weight is 269 g/mol. The van der Waals surface area contributed by atoms with Gasteiger partial charge in [-0.15, -0.1) is 0 Å². The van der Waals surface area contributed by atoms with E-state index < -0.39 is 0 Å². The van der Waals surface area contributed by atoms with Crippen LogP contribution < -0.4 is 11.1 Å². The molecule has 2 rings (SSSR count). The highest BCUT2D eigenvalue weighted by molar-refractivity contribution is 5.49. The number of nitrogens with one attached hydrogen (secondary N) is 1. The van der Waals surface area contributed by atoms with Crippen LogP contribution in [0.3, 0.4) is 0 Å². The van der Waals surface area contributed by atoms with E-state index in [0.717, 1.165) is 30.0 Å². The van der Waals surface area contributed by atoms with E-state index in [4.69, 9.17) is 5.73 Å². The maximum Gasteiger partial charge on any atom is 0.126 e. The fraction of sp³-hybridized carbons (Fsp3) is 0.353. The number of nitrogen functional groups attached to an aromatic ring is 1. The highest BCUT2D eigenvalue weighted by Gasteiger charge is 2.18. The van der Waals surface area contributed by atoms with Crippen LogP contribution in [0.15, 0.2) is 42.5 Å². The molecule has 1 aromatic heterocycles. The third-order valence-corrected chi connectivity index (χ3v) is 3.47. The number of anilines is 2. The second-order valence-electron chi connectivity index (χ2n) is 5.87. The molecule has 0 bridgehead atoms. The van der Waals surface area contributed by atoms with Crippen LogP contribution in [0.2, 0.25) is 0 Å². The van der Waals surface area contributed by atoms with Crippen LogP contribution in [0, 0.1) is 6.92 Å². The first kappa shape index (κ1) is 14.4. The molecule has 20 heavy (non-hydrogen) atoms. The molecule has 2 aromatic rings. The van der Waals surface area contributed by atoms with Gasteiger partial charge in [0.2, 0.25) is 0 Å². The summed E-state index contributed by atoms with van der Waals surface area (Å²) in [6.45, 7) is 6.32. The summed E-state index contributed by atoms with van der Waals surface area (Å²) in [4.78, 5) is 4.48. The topological polar surface area (TPSA) is 50.9 Å². The van der Waals surface area contributed by atoms with Gasteiger partial charge in [-0.25, -0.2) is 4.98 Å². The van der Waals surface area contributed by atoms with E-state index >= 15 is 0 Å². The highest BCUT2D eigenvalue weighted by Crippen LogP contribution is 2.20. The maximum atomic E-state index is 5.80. The minimum Gasteiger partial charge on any atom is -0.397 e. The van der Waals surface area contributed by atoms with Crippen molar-refractivity contribution in [1.82, 2.24) is 4.98 Å². The number of pyridine rings is 1. The summed E-state index contributed by atoms with van der Waals surface area (Å²) >= 11 is 0. The Labute approximate surface area is 121 Å². The molecule has 0 aliphatic rings. The molecule has 0 saturated heterocycles. The molecule has 0 amide bonds. The molecule has 0 atom stereocenters. The van der Waals surface area contributed by atoms with Crippen molar-refractivity contribution in [1.29, 1.82) is 0 Å². The second kappa shape index (κ2) is 5.95. The zero-order valence-electron chi connectivity index (χ0n) is 12.5. The SMILES string of the molecule is Cc1nc(NC(C)(C)CCc2ccccc2)ccc1N. The largest absolute Gasteiger partial charge is 0.397 e. The molecule has 0 spiro atoms. The first-order valence-corrected chi connectivity index (χ1v) is 7.01. The predicted octanol–water partition coefficient (Wildman–Crippen LogP) is 3.80. The smallest absolute Gasteiger partial charge is 0.126 e. The molecule has 0 fully saturated rings. The maximum absolute atomic E-state index is 5.80. The number of aromatic nitrogens is 1. The second-order valence-corrected chi connectivity index (χ2v) is 5.87. The Hall–Kier alpha value is -2.03. The molecule has 106 valence electrons. The van der Waals surface area contributed by atoms with E-state index in [0.29, 0.717) is 0 Å². The number of nitrogens with two attached hydrogens (primary N) is 1. The number of hydrogen-bond donors (Lipinski definition) is 2. The van der Waals surface area contributed by atoms with Gasteiger partial charge in [0, 0.05) is 5.54 Å². The van der Waals surface area contributed by atoms with Gasteiger partial charge in [0.1, 0.15) is 5.82 Å². The number of hydrogen-bond acceptors (Lipinski definition) is 3. The van der Waals surface area contributed by atoms with Crippen molar-refractivity contribution in [3.63, 3.8) is 0 Å². The van der Waals surface area contributed by atoms with Gasteiger partial charge in [-0.05, 0) is 51.3 Å². The van der Waals surface area contributed by atoms with Crippen molar-refractivity contribution >= 4 is 11.5 Å². The molecular weight excluding hydrogens is 246 g/mol. The average Bonchev–Trinajstić information content (AvgIpc) is 2.42. The zero-order valence-corrected chi connectivity index (χ0v) is 12.5. The fourth-order valence-electron chi connectivity index (χ4n) is 2.15. The first-order chi connectivity index (χ1) is 9.46. The minimum atomic E-state index is -0.00854. The third-order valence-electron chi connectivity index (χ3n) is 3.47. The van der Waals surface area contributed by atoms with Crippen LogP contribution in [-0.4, -0.2) is 10.5 Å². The normalized spacial score (nSPS) is 11.3. The summed E-state index contributed by atoms with van der Waals surface area (Å²) in [7, 11) is 0. The summed E-state index contributed by atoms with van der Waals surface area (Å²) in [6, 6.07) is 14.4. The Morgan fingerprint density at radius 1 is 1.10 bits per heavy atom. The van der Waals surface area contributed by atoms with E-state index in [2.05, 4.69) is 48.4 Å². The van der Waals surface area contributed by atoms with Crippen molar-refractivity contribution in [3.8, 4) is 0 Å². The number of benzene rings is 1. The zero-order chi connectivity index (χ0) is 14.6. The van der Waals surface area contributed by atoms with Crippen LogP contribution in [0.1, 0.15) is 31.5 Å². The summed E-state index contributed by atoms with van der Waals surface area (Å²) in [5, 5.41) is 3.49. The quantitative estimate of drug-likeness (QED) is 0.868. The Morgan fingerprint density at radius 3 is 2.45 bits per heavy atom. The third kappa shape index (κ3) is 3.98. The van der Waals surface area contributed by atoms with Crippen LogP contribution in [0.5, 0.6) is 0 Å². The highest BCUT2D eigenvalue weighted by atomic mass is 15.0. The Balaban J connectivity index is 1.98. The molecule has 3 nitrogen and oxygen atoms in total. The lowest BCUT2D eigenvalue weighted by atomic mass is 9.95. The van der Waals surface area contributed by atoms with Gasteiger partial charge in [0.15, 0.2) is 0 Å². The first-order valence-electron chi connectivity index (χ1n) is 7.01. The monoisotopic (exact) mass is 269 g/mol. The molecule has 3 heteroatoms. The lowest BCUT2D eigenvalue weighted by molar-refractivity contribution is 0.516. The van der Waals surface area contributed by atoms with E-state index in [9.17, 15) is 0 Å². The molecule has 0 saturated carbocycles. The van der Waals surface area contributed by atoms with Crippen LogP contribution in [0.4, 0.5) is 11.5 Å².